The number of hydrogen-bond acceptors (Lipinski definition) is 3. The first-order chi connectivity index (χ1) is 4.31. The van der Waals surface area contributed by atoms with Gasteiger partial charge in [-0.15, -0.1) is 0 Å². The van der Waals surface area contributed by atoms with Crippen molar-refractivity contribution in [2.45, 2.75) is 0 Å². The highest BCUT2D eigenvalue weighted by molar-refractivity contribution is 5.66. The van der Waals surface area contributed by atoms with Crippen LogP contribution in [0.5, 0.6) is 0 Å². The molecular formula is C5H9NO3. The average molecular weight is 131 g/mol. The predicted molar refractivity (Wildman–Crippen MR) is 31.7 cm³/mol. The summed E-state index contributed by atoms with van der Waals surface area (Å²) < 4.78 is 8.87. The number of carbonyl (C=O) groups excluding carboxylic acids is 1. The minimum Gasteiger partial charge on any atom is -0.466 e. The number of rotatable bonds is 3. The Morgan fingerprint density at radius 1 is 1.89 bits per heavy atom. The Bertz CT molecular complexity index is 102. The minimum atomic E-state index is -0.517. The van der Waals surface area contributed by atoms with Crippen LogP contribution in [0.3, 0.4) is 0 Å². The molecule has 0 spiro atoms. The van der Waals surface area contributed by atoms with Gasteiger partial charge in [0.05, 0.1) is 6.26 Å². The molecule has 0 atom stereocenters. The Kier molecular flexibility index (Phi) is 4.30. The summed E-state index contributed by atoms with van der Waals surface area (Å²) in [6, 6.07) is 0. The van der Waals surface area contributed by atoms with Crippen molar-refractivity contribution >= 4 is 6.09 Å². The Hall–Kier alpha value is -1.19. The average Bonchev–Trinajstić information content (AvgIpc) is 1.89. The molecule has 1 N–H and O–H groups in total. The third kappa shape index (κ3) is 4.67. The van der Waals surface area contributed by atoms with Crippen LogP contribution in [0.15, 0.2) is 12.8 Å². The van der Waals surface area contributed by atoms with Crippen LogP contribution in [0.2, 0.25) is 0 Å². The number of nitrogens with one attached hydrogen (secondary N) is 1. The molecule has 4 heteroatoms. The normalized spacial score (nSPS) is 7.67. The van der Waals surface area contributed by atoms with E-state index in [1.807, 2.05) is 0 Å². The topological polar surface area (TPSA) is 47.6 Å². The van der Waals surface area contributed by atoms with Crippen LogP contribution in [0.4, 0.5) is 4.79 Å². The van der Waals surface area contributed by atoms with Crippen LogP contribution in [0.1, 0.15) is 0 Å². The van der Waals surface area contributed by atoms with Crippen molar-refractivity contribution in [2.75, 3.05) is 13.8 Å². The molecule has 0 radical (unpaired) electrons. The van der Waals surface area contributed by atoms with Gasteiger partial charge < -0.3 is 14.8 Å². The van der Waals surface area contributed by atoms with E-state index in [0.717, 1.165) is 0 Å². The number of hydrogen-bond donors (Lipinski definition) is 1. The molecule has 0 rings (SSSR count). The van der Waals surface area contributed by atoms with Gasteiger partial charge in [-0.1, -0.05) is 6.58 Å². The van der Waals surface area contributed by atoms with E-state index < -0.39 is 6.09 Å². The van der Waals surface area contributed by atoms with Crippen LogP contribution in [-0.4, -0.2) is 19.9 Å². The van der Waals surface area contributed by atoms with Crippen LogP contribution in [0, 0.1) is 0 Å². The zero-order chi connectivity index (χ0) is 7.11. The summed E-state index contributed by atoms with van der Waals surface area (Å²) >= 11 is 0. The molecule has 9 heavy (non-hydrogen) atoms. The van der Waals surface area contributed by atoms with Gasteiger partial charge in [0.1, 0.15) is 0 Å². The van der Waals surface area contributed by atoms with Crippen molar-refractivity contribution in [2.24, 2.45) is 0 Å². The van der Waals surface area contributed by atoms with Crippen molar-refractivity contribution in [1.29, 1.82) is 0 Å². The largest absolute Gasteiger partial charge is 0.466 e. The first-order valence-corrected chi connectivity index (χ1v) is 2.38. The lowest BCUT2D eigenvalue weighted by Gasteiger charge is -2.00. The van der Waals surface area contributed by atoms with Crippen molar-refractivity contribution in [3.8, 4) is 0 Å². The lowest BCUT2D eigenvalue weighted by molar-refractivity contribution is 0.0342. The highest BCUT2D eigenvalue weighted by atomic mass is 16.7. The third-order valence-corrected chi connectivity index (χ3v) is 0.580. The van der Waals surface area contributed by atoms with Crippen LogP contribution >= 0.6 is 0 Å². The lowest BCUT2D eigenvalue weighted by atomic mass is 11.1. The van der Waals surface area contributed by atoms with Gasteiger partial charge in [-0.3, -0.25) is 0 Å². The van der Waals surface area contributed by atoms with Gasteiger partial charge in [-0.2, -0.15) is 0 Å². The highest BCUT2D eigenvalue weighted by Gasteiger charge is 1.92. The lowest BCUT2D eigenvalue weighted by Crippen LogP contribution is -2.19. The summed E-state index contributed by atoms with van der Waals surface area (Å²) in [6.07, 6.45) is 0.681. The highest BCUT2D eigenvalue weighted by Crippen LogP contribution is 1.77. The van der Waals surface area contributed by atoms with E-state index in [4.69, 9.17) is 0 Å². The van der Waals surface area contributed by atoms with Crippen molar-refractivity contribution in [1.82, 2.24) is 5.32 Å². The summed E-state index contributed by atoms with van der Waals surface area (Å²) in [7, 11) is 1.47. The molecule has 0 aliphatic carbocycles. The zero-order valence-corrected chi connectivity index (χ0v) is 5.22. The van der Waals surface area contributed by atoms with Gasteiger partial charge in [0.25, 0.3) is 0 Å². The summed E-state index contributed by atoms with van der Waals surface area (Å²) in [5.41, 5.74) is 0. The molecule has 0 aliphatic rings. The van der Waals surface area contributed by atoms with E-state index in [2.05, 4.69) is 21.4 Å². The monoisotopic (exact) mass is 131 g/mol. The van der Waals surface area contributed by atoms with Crippen molar-refractivity contribution in [3.05, 3.63) is 12.8 Å². The van der Waals surface area contributed by atoms with Gasteiger partial charge in [-0.25, -0.2) is 4.79 Å². The van der Waals surface area contributed by atoms with Crippen molar-refractivity contribution < 1.29 is 14.3 Å². The Morgan fingerprint density at radius 3 is 3.00 bits per heavy atom. The standard InChI is InChI=1S/C5H9NO3/c1-3-8-4-9-5(7)6-2/h3H,1,4H2,2H3,(H,6,7). The molecule has 0 saturated heterocycles. The molecule has 0 unspecified atom stereocenters. The number of alkyl carbamates (subject to hydrolysis) is 1. The Balaban J connectivity index is 3.06. The molecule has 0 aliphatic heterocycles. The molecule has 0 aromatic heterocycles. The number of ether oxygens (including phenoxy) is 2. The maximum atomic E-state index is 10.2. The molecule has 52 valence electrons. The second-order valence-corrected chi connectivity index (χ2v) is 1.13. The van der Waals surface area contributed by atoms with Crippen molar-refractivity contribution in [3.63, 3.8) is 0 Å². The fourth-order valence-corrected chi connectivity index (χ4v) is 0.208. The second-order valence-electron chi connectivity index (χ2n) is 1.13. The second kappa shape index (κ2) is 4.96. The van der Waals surface area contributed by atoms with Crippen LogP contribution < -0.4 is 5.32 Å². The summed E-state index contributed by atoms with van der Waals surface area (Å²) in [4.78, 5) is 10.2. The maximum Gasteiger partial charge on any atom is 0.409 e. The van der Waals surface area contributed by atoms with Gasteiger partial charge >= 0.3 is 6.09 Å². The minimum absolute atomic E-state index is 0.0941. The maximum absolute atomic E-state index is 10.2. The Labute approximate surface area is 53.4 Å². The summed E-state index contributed by atoms with van der Waals surface area (Å²) in [6.45, 7) is 3.16. The smallest absolute Gasteiger partial charge is 0.409 e. The first-order valence-electron chi connectivity index (χ1n) is 2.38. The Morgan fingerprint density at radius 2 is 2.56 bits per heavy atom. The molecule has 4 nitrogen and oxygen atoms in total. The fourth-order valence-electron chi connectivity index (χ4n) is 0.208. The molecule has 1 amide bonds. The predicted octanol–water partition coefficient (Wildman–Crippen LogP) is 0.460. The van der Waals surface area contributed by atoms with Gasteiger partial charge in [-0.05, 0) is 0 Å². The first kappa shape index (κ1) is 7.81. The van der Waals surface area contributed by atoms with Gasteiger partial charge in [0.15, 0.2) is 0 Å². The molecule has 0 heterocycles. The van der Waals surface area contributed by atoms with E-state index in [-0.39, 0.29) is 6.79 Å². The van der Waals surface area contributed by atoms with Gasteiger partial charge in [0.2, 0.25) is 6.79 Å². The van der Waals surface area contributed by atoms with E-state index in [1.165, 1.54) is 13.3 Å². The van der Waals surface area contributed by atoms with Gasteiger partial charge in [0, 0.05) is 7.05 Å². The third-order valence-electron chi connectivity index (χ3n) is 0.580. The summed E-state index contributed by atoms with van der Waals surface area (Å²) in [5.74, 6) is 0. The SMILES string of the molecule is C=COCOC(=O)NC. The quantitative estimate of drug-likeness (QED) is 0.344. The molecule has 0 aromatic carbocycles. The van der Waals surface area contributed by atoms with E-state index in [0.29, 0.717) is 0 Å². The van der Waals surface area contributed by atoms with E-state index in [1.54, 1.807) is 0 Å². The molecule has 0 fully saturated rings. The van der Waals surface area contributed by atoms with Crippen LogP contribution in [-0.2, 0) is 9.47 Å². The number of carbonyl (C=O) groups is 1. The van der Waals surface area contributed by atoms with Crippen LogP contribution in [0.25, 0.3) is 0 Å². The fraction of sp³-hybridized carbons (Fsp3) is 0.400. The molecule has 0 bridgehead atoms. The zero-order valence-electron chi connectivity index (χ0n) is 5.22. The molecule has 0 saturated carbocycles. The van der Waals surface area contributed by atoms with E-state index >= 15 is 0 Å². The van der Waals surface area contributed by atoms with E-state index in [9.17, 15) is 4.79 Å². The number of amides is 1. The molecular weight excluding hydrogens is 122 g/mol. The molecule has 0 aromatic rings. The summed E-state index contributed by atoms with van der Waals surface area (Å²) in [5, 5.41) is 2.25.